The first-order chi connectivity index (χ1) is 6.74. The fourth-order valence-corrected chi connectivity index (χ4v) is 1.07. The summed E-state index contributed by atoms with van der Waals surface area (Å²) in [6.45, 7) is -0.416. The highest BCUT2D eigenvalue weighted by Crippen LogP contribution is 2.15. The van der Waals surface area contributed by atoms with Gasteiger partial charge in [-0.1, -0.05) is 0 Å². The molecule has 0 aliphatic rings. The van der Waals surface area contributed by atoms with Crippen molar-refractivity contribution in [2.45, 2.75) is 12.5 Å². The van der Waals surface area contributed by atoms with Gasteiger partial charge in [-0.25, -0.2) is 8.78 Å². The third-order valence-electron chi connectivity index (χ3n) is 1.72. The van der Waals surface area contributed by atoms with E-state index in [4.69, 9.17) is 10.5 Å². The third kappa shape index (κ3) is 3.35. The van der Waals surface area contributed by atoms with Crippen LogP contribution in [0.5, 0.6) is 0 Å². The lowest BCUT2D eigenvalue weighted by atomic mass is 10.1. The Morgan fingerprint density at radius 2 is 2.00 bits per heavy atom. The zero-order valence-electron chi connectivity index (χ0n) is 7.57. The summed E-state index contributed by atoms with van der Waals surface area (Å²) in [5, 5.41) is 0. The van der Waals surface area contributed by atoms with Crippen molar-refractivity contribution in [2.24, 2.45) is 5.73 Å². The van der Waals surface area contributed by atoms with Gasteiger partial charge < -0.3 is 10.5 Å². The molecular formula is C9H12F2N2O. The van der Waals surface area contributed by atoms with Crippen LogP contribution in [-0.4, -0.2) is 24.6 Å². The molecule has 1 heterocycles. The van der Waals surface area contributed by atoms with Crippen molar-refractivity contribution in [3.8, 4) is 0 Å². The van der Waals surface area contributed by atoms with Gasteiger partial charge in [0.25, 0.3) is 6.43 Å². The van der Waals surface area contributed by atoms with Crippen LogP contribution < -0.4 is 5.73 Å². The summed E-state index contributed by atoms with van der Waals surface area (Å²) in [6, 6.07) is 3.39. The smallest absolute Gasteiger partial charge is 0.261 e. The molecule has 0 aliphatic carbocycles. The van der Waals surface area contributed by atoms with E-state index in [9.17, 15) is 8.78 Å². The molecule has 0 saturated carbocycles. The Balaban J connectivity index is 2.54. The van der Waals surface area contributed by atoms with Gasteiger partial charge in [-0.2, -0.15) is 0 Å². The topological polar surface area (TPSA) is 48.1 Å². The molecule has 0 radical (unpaired) electrons. The summed E-state index contributed by atoms with van der Waals surface area (Å²) in [5.41, 5.74) is 6.17. The third-order valence-corrected chi connectivity index (χ3v) is 1.72. The second kappa shape index (κ2) is 5.62. The molecule has 0 aromatic carbocycles. The molecule has 1 unspecified atom stereocenters. The number of ether oxygens (including phenoxy) is 1. The number of pyridine rings is 1. The Morgan fingerprint density at radius 3 is 2.50 bits per heavy atom. The predicted molar refractivity (Wildman–Crippen MR) is 48.0 cm³/mol. The lowest BCUT2D eigenvalue weighted by Crippen LogP contribution is -2.18. The second-order valence-electron chi connectivity index (χ2n) is 2.73. The maximum Gasteiger partial charge on any atom is 0.261 e. The molecule has 5 heteroatoms. The van der Waals surface area contributed by atoms with Crippen molar-refractivity contribution in [1.82, 2.24) is 4.98 Å². The number of aromatic nitrogens is 1. The van der Waals surface area contributed by atoms with E-state index in [1.165, 1.54) is 0 Å². The molecular weight excluding hydrogens is 190 g/mol. The zero-order chi connectivity index (χ0) is 10.4. The van der Waals surface area contributed by atoms with Gasteiger partial charge >= 0.3 is 0 Å². The van der Waals surface area contributed by atoms with Crippen molar-refractivity contribution >= 4 is 0 Å². The van der Waals surface area contributed by atoms with Crippen LogP contribution in [0.3, 0.4) is 0 Å². The zero-order valence-corrected chi connectivity index (χ0v) is 7.57. The van der Waals surface area contributed by atoms with Crippen molar-refractivity contribution in [3.63, 3.8) is 0 Å². The summed E-state index contributed by atoms with van der Waals surface area (Å²) in [5.74, 6) is 0. The van der Waals surface area contributed by atoms with Crippen LogP contribution in [-0.2, 0) is 4.74 Å². The summed E-state index contributed by atoms with van der Waals surface area (Å²) in [6.07, 6.45) is 0.200. The minimum Gasteiger partial charge on any atom is -0.366 e. The highest BCUT2D eigenvalue weighted by atomic mass is 19.3. The van der Waals surface area contributed by atoms with E-state index in [1.807, 2.05) is 0 Å². The molecule has 2 N–H and O–H groups in total. The van der Waals surface area contributed by atoms with Crippen LogP contribution in [0, 0.1) is 0 Å². The number of nitrogens with zero attached hydrogens (tertiary/aromatic N) is 1. The minimum absolute atomic E-state index is 0.177. The van der Waals surface area contributed by atoms with Crippen LogP contribution in [0.2, 0.25) is 0 Å². The van der Waals surface area contributed by atoms with Gasteiger partial charge in [0, 0.05) is 18.9 Å². The lowest BCUT2D eigenvalue weighted by Gasteiger charge is -2.15. The summed E-state index contributed by atoms with van der Waals surface area (Å²) >= 11 is 0. The Kier molecular flexibility index (Phi) is 4.42. The first-order valence-corrected chi connectivity index (χ1v) is 4.23. The lowest BCUT2D eigenvalue weighted by molar-refractivity contribution is -0.0217. The Morgan fingerprint density at radius 1 is 1.36 bits per heavy atom. The molecule has 1 aromatic heterocycles. The number of rotatable bonds is 5. The minimum atomic E-state index is -2.47. The Bertz CT molecular complexity index is 256. The first kappa shape index (κ1) is 11.0. The molecule has 0 bridgehead atoms. The molecule has 0 aliphatic heterocycles. The molecule has 3 nitrogen and oxygen atoms in total. The van der Waals surface area contributed by atoms with Crippen molar-refractivity contribution in [2.75, 3.05) is 13.2 Å². The fourth-order valence-electron chi connectivity index (χ4n) is 1.07. The molecule has 0 fully saturated rings. The van der Waals surface area contributed by atoms with Gasteiger partial charge in [-0.15, -0.1) is 0 Å². The summed E-state index contributed by atoms with van der Waals surface area (Å²) in [7, 11) is 0. The molecule has 0 spiro atoms. The van der Waals surface area contributed by atoms with Crippen molar-refractivity contribution in [3.05, 3.63) is 30.1 Å². The van der Waals surface area contributed by atoms with Crippen molar-refractivity contribution in [1.29, 1.82) is 0 Å². The van der Waals surface area contributed by atoms with Gasteiger partial charge in [0.1, 0.15) is 6.61 Å². The van der Waals surface area contributed by atoms with Crippen LogP contribution in [0.25, 0.3) is 0 Å². The highest BCUT2D eigenvalue weighted by Gasteiger charge is 2.12. The molecule has 14 heavy (non-hydrogen) atoms. The second-order valence-corrected chi connectivity index (χ2v) is 2.73. The van der Waals surface area contributed by atoms with Gasteiger partial charge in [0.15, 0.2) is 0 Å². The molecule has 0 amide bonds. The Labute approximate surface area is 80.9 Å². The maximum atomic E-state index is 11.9. The predicted octanol–water partition coefficient (Wildman–Crippen LogP) is 1.36. The van der Waals surface area contributed by atoms with Crippen LogP contribution >= 0.6 is 0 Å². The number of halogens is 2. The molecule has 0 saturated heterocycles. The first-order valence-electron chi connectivity index (χ1n) is 4.23. The molecule has 78 valence electrons. The average molecular weight is 202 g/mol. The molecule has 1 rings (SSSR count). The number of nitrogens with two attached hydrogens (primary N) is 1. The van der Waals surface area contributed by atoms with Gasteiger partial charge in [0.2, 0.25) is 0 Å². The van der Waals surface area contributed by atoms with Crippen LogP contribution in [0.1, 0.15) is 11.7 Å². The quantitative estimate of drug-likeness (QED) is 0.784. The van der Waals surface area contributed by atoms with Gasteiger partial charge in [-0.05, 0) is 17.7 Å². The average Bonchev–Trinajstić information content (AvgIpc) is 2.20. The Hall–Kier alpha value is -1.07. The van der Waals surface area contributed by atoms with Crippen LogP contribution in [0.4, 0.5) is 8.78 Å². The SMILES string of the molecule is NCC(OCC(F)F)c1ccncc1. The largest absolute Gasteiger partial charge is 0.366 e. The van der Waals surface area contributed by atoms with Crippen LogP contribution in [0.15, 0.2) is 24.5 Å². The number of alkyl halides is 2. The van der Waals surface area contributed by atoms with E-state index < -0.39 is 19.1 Å². The number of hydrogen-bond donors (Lipinski definition) is 1. The van der Waals surface area contributed by atoms with E-state index in [0.29, 0.717) is 0 Å². The van der Waals surface area contributed by atoms with E-state index in [2.05, 4.69) is 4.98 Å². The summed E-state index contributed by atoms with van der Waals surface area (Å²) < 4.78 is 28.7. The van der Waals surface area contributed by atoms with Gasteiger partial charge in [-0.3, -0.25) is 4.98 Å². The maximum absolute atomic E-state index is 11.9. The van der Waals surface area contributed by atoms with E-state index in [1.54, 1.807) is 24.5 Å². The molecule has 1 atom stereocenters. The fraction of sp³-hybridized carbons (Fsp3) is 0.444. The highest BCUT2D eigenvalue weighted by molar-refractivity contribution is 5.13. The normalized spacial score (nSPS) is 13.1. The van der Waals surface area contributed by atoms with E-state index in [0.717, 1.165) is 5.56 Å². The van der Waals surface area contributed by atoms with E-state index >= 15 is 0 Å². The monoisotopic (exact) mass is 202 g/mol. The standard InChI is InChI=1S/C9H12F2N2O/c10-9(11)6-14-8(5-12)7-1-3-13-4-2-7/h1-4,8-9H,5-6,12H2. The van der Waals surface area contributed by atoms with Crippen molar-refractivity contribution < 1.29 is 13.5 Å². The van der Waals surface area contributed by atoms with E-state index in [-0.39, 0.29) is 6.54 Å². The summed E-state index contributed by atoms with van der Waals surface area (Å²) in [4.78, 5) is 3.81. The van der Waals surface area contributed by atoms with Gasteiger partial charge in [0.05, 0.1) is 6.10 Å². The molecule has 1 aromatic rings. The number of hydrogen-bond acceptors (Lipinski definition) is 3.